The summed E-state index contributed by atoms with van der Waals surface area (Å²) >= 11 is 0. The molecular weight excluding hydrogens is 371 g/mol. The topological polar surface area (TPSA) is 52.7 Å². The van der Waals surface area contributed by atoms with Crippen LogP contribution in [-0.2, 0) is 15.8 Å². The summed E-state index contributed by atoms with van der Waals surface area (Å²) in [6.45, 7) is 2.22. The standard InChI is InChI=1S/C20H26F3N3O2/c21-20(22,23)16-8-4-5-9-17(16)24-18(27)14-25-10-12-26(13-11-25)19(28)15-6-2-1-3-7-15/h4-5,8-9,15H,1-3,6-7,10-14H2,(H,24,27). The molecule has 0 radical (unpaired) electrons. The lowest BCUT2D eigenvalue weighted by Gasteiger charge is -2.36. The number of hydrogen-bond acceptors (Lipinski definition) is 3. The lowest BCUT2D eigenvalue weighted by Crippen LogP contribution is -2.52. The Morgan fingerprint density at radius 1 is 1.00 bits per heavy atom. The van der Waals surface area contributed by atoms with Gasteiger partial charge < -0.3 is 10.2 Å². The van der Waals surface area contributed by atoms with E-state index in [4.69, 9.17) is 0 Å². The fourth-order valence-electron chi connectivity index (χ4n) is 3.97. The minimum Gasteiger partial charge on any atom is -0.340 e. The summed E-state index contributed by atoms with van der Waals surface area (Å²) in [5, 5.41) is 2.37. The van der Waals surface area contributed by atoms with Crippen LogP contribution in [0.4, 0.5) is 18.9 Å². The van der Waals surface area contributed by atoms with Crippen molar-refractivity contribution in [2.24, 2.45) is 5.92 Å². The van der Waals surface area contributed by atoms with Crippen LogP contribution in [0.1, 0.15) is 37.7 Å². The number of rotatable bonds is 4. The fourth-order valence-corrected chi connectivity index (χ4v) is 3.97. The van der Waals surface area contributed by atoms with Crippen LogP contribution >= 0.6 is 0 Å². The Bertz CT molecular complexity index is 694. The highest BCUT2D eigenvalue weighted by Gasteiger charge is 2.34. The molecule has 0 atom stereocenters. The minimum absolute atomic E-state index is 0.0116. The van der Waals surface area contributed by atoms with E-state index >= 15 is 0 Å². The van der Waals surface area contributed by atoms with Gasteiger partial charge >= 0.3 is 6.18 Å². The second-order valence-corrected chi connectivity index (χ2v) is 7.53. The molecule has 1 heterocycles. The van der Waals surface area contributed by atoms with Crippen molar-refractivity contribution in [3.63, 3.8) is 0 Å². The molecule has 1 aromatic carbocycles. The lowest BCUT2D eigenvalue weighted by molar-refractivity contribution is -0.138. The molecule has 0 aromatic heterocycles. The zero-order valence-corrected chi connectivity index (χ0v) is 15.8. The summed E-state index contributed by atoms with van der Waals surface area (Å²) < 4.78 is 39.1. The third-order valence-electron chi connectivity index (χ3n) is 5.51. The fraction of sp³-hybridized carbons (Fsp3) is 0.600. The van der Waals surface area contributed by atoms with Gasteiger partial charge in [0.1, 0.15) is 0 Å². The predicted molar refractivity (Wildman–Crippen MR) is 99.7 cm³/mol. The van der Waals surface area contributed by atoms with Gasteiger partial charge in [0.2, 0.25) is 11.8 Å². The maximum absolute atomic E-state index is 13.0. The molecule has 1 aromatic rings. The first-order valence-electron chi connectivity index (χ1n) is 9.82. The summed E-state index contributed by atoms with van der Waals surface area (Å²) in [5.41, 5.74) is -1.09. The third kappa shape index (κ3) is 5.25. The van der Waals surface area contributed by atoms with Crippen molar-refractivity contribution in [1.82, 2.24) is 9.80 Å². The molecule has 1 aliphatic heterocycles. The van der Waals surface area contributed by atoms with E-state index in [0.717, 1.165) is 31.7 Å². The maximum Gasteiger partial charge on any atom is 0.418 e. The van der Waals surface area contributed by atoms with Crippen molar-refractivity contribution >= 4 is 17.5 Å². The quantitative estimate of drug-likeness (QED) is 0.848. The largest absolute Gasteiger partial charge is 0.418 e. The van der Waals surface area contributed by atoms with E-state index in [-0.39, 0.29) is 24.1 Å². The van der Waals surface area contributed by atoms with Crippen LogP contribution in [0.25, 0.3) is 0 Å². The van der Waals surface area contributed by atoms with Crippen LogP contribution in [0.2, 0.25) is 0 Å². The zero-order valence-electron chi connectivity index (χ0n) is 15.8. The van der Waals surface area contributed by atoms with Gasteiger partial charge in [-0.25, -0.2) is 0 Å². The highest BCUT2D eigenvalue weighted by Crippen LogP contribution is 2.34. The van der Waals surface area contributed by atoms with E-state index in [0.29, 0.717) is 26.2 Å². The van der Waals surface area contributed by atoms with Crippen LogP contribution < -0.4 is 5.32 Å². The number of amides is 2. The van der Waals surface area contributed by atoms with Crippen LogP contribution in [0.15, 0.2) is 24.3 Å². The van der Waals surface area contributed by atoms with E-state index < -0.39 is 17.6 Å². The molecule has 1 saturated heterocycles. The number of halogens is 3. The zero-order chi connectivity index (χ0) is 20.1. The molecule has 0 spiro atoms. The predicted octanol–water partition coefficient (Wildman–Crippen LogP) is 3.37. The van der Waals surface area contributed by atoms with Crippen molar-refractivity contribution in [3.8, 4) is 0 Å². The number of para-hydroxylation sites is 1. The number of benzene rings is 1. The van der Waals surface area contributed by atoms with Crippen LogP contribution in [0.5, 0.6) is 0 Å². The molecule has 3 rings (SSSR count). The first kappa shape index (κ1) is 20.6. The summed E-state index contributed by atoms with van der Waals surface area (Å²) in [5.74, 6) is -0.144. The molecule has 1 saturated carbocycles. The van der Waals surface area contributed by atoms with Crippen molar-refractivity contribution in [2.75, 3.05) is 38.0 Å². The van der Waals surface area contributed by atoms with Crippen molar-refractivity contribution in [2.45, 2.75) is 38.3 Å². The Kier molecular flexibility index (Phi) is 6.59. The molecule has 8 heteroatoms. The van der Waals surface area contributed by atoms with Crippen LogP contribution in [0, 0.1) is 5.92 Å². The van der Waals surface area contributed by atoms with Gasteiger partial charge in [-0.3, -0.25) is 14.5 Å². The molecule has 0 bridgehead atoms. The van der Waals surface area contributed by atoms with Gasteiger partial charge in [0.25, 0.3) is 0 Å². The van der Waals surface area contributed by atoms with E-state index in [1.165, 1.54) is 24.6 Å². The third-order valence-corrected chi connectivity index (χ3v) is 5.51. The van der Waals surface area contributed by atoms with Gasteiger partial charge in [-0.1, -0.05) is 31.4 Å². The number of carbonyl (C=O) groups excluding carboxylic acids is 2. The Morgan fingerprint density at radius 2 is 1.64 bits per heavy atom. The van der Waals surface area contributed by atoms with Gasteiger partial charge in [0, 0.05) is 32.1 Å². The summed E-state index contributed by atoms with van der Waals surface area (Å²) in [4.78, 5) is 28.5. The van der Waals surface area contributed by atoms with E-state index in [1.54, 1.807) is 0 Å². The molecule has 1 N–H and O–H groups in total. The molecule has 2 amide bonds. The number of piperazine rings is 1. The van der Waals surface area contributed by atoms with Crippen molar-refractivity contribution in [1.29, 1.82) is 0 Å². The summed E-state index contributed by atoms with van der Waals surface area (Å²) in [6, 6.07) is 4.95. The van der Waals surface area contributed by atoms with E-state index in [1.807, 2.05) is 9.80 Å². The Balaban J connectivity index is 1.48. The summed E-state index contributed by atoms with van der Waals surface area (Å²) in [6.07, 6.45) is 0.811. The lowest BCUT2D eigenvalue weighted by atomic mass is 9.88. The number of hydrogen-bond donors (Lipinski definition) is 1. The van der Waals surface area contributed by atoms with Gasteiger partial charge in [0.15, 0.2) is 0 Å². The van der Waals surface area contributed by atoms with Crippen molar-refractivity contribution in [3.05, 3.63) is 29.8 Å². The Hall–Kier alpha value is -2.09. The monoisotopic (exact) mass is 397 g/mol. The maximum atomic E-state index is 13.0. The number of nitrogens with zero attached hydrogens (tertiary/aromatic N) is 2. The molecule has 1 aliphatic carbocycles. The molecule has 5 nitrogen and oxygen atoms in total. The van der Waals surface area contributed by atoms with Crippen molar-refractivity contribution < 1.29 is 22.8 Å². The summed E-state index contributed by atoms with van der Waals surface area (Å²) in [7, 11) is 0. The highest BCUT2D eigenvalue weighted by molar-refractivity contribution is 5.93. The van der Waals surface area contributed by atoms with Gasteiger partial charge in [-0.2, -0.15) is 13.2 Å². The normalized spacial score (nSPS) is 19.5. The molecule has 154 valence electrons. The number of carbonyl (C=O) groups is 2. The number of nitrogens with one attached hydrogen (secondary N) is 1. The minimum atomic E-state index is -4.52. The van der Waals surface area contributed by atoms with E-state index in [2.05, 4.69) is 5.32 Å². The van der Waals surface area contributed by atoms with E-state index in [9.17, 15) is 22.8 Å². The second-order valence-electron chi connectivity index (χ2n) is 7.53. The number of alkyl halides is 3. The highest BCUT2D eigenvalue weighted by atomic mass is 19.4. The van der Waals surface area contributed by atoms with Crippen LogP contribution in [0.3, 0.4) is 0 Å². The Labute approximate surface area is 162 Å². The number of anilines is 1. The van der Waals surface area contributed by atoms with Gasteiger partial charge in [-0.05, 0) is 25.0 Å². The van der Waals surface area contributed by atoms with Gasteiger partial charge in [-0.15, -0.1) is 0 Å². The smallest absolute Gasteiger partial charge is 0.340 e. The average Bonchev–Trinajstić information content (AvgIpc) is 2.68. The SMILES string of the molecule is O=C(CN1CCN(C(=O)C2CCCCC2)CC1)Nc1ccccc1C(F)(F)F. The molecule has 2 fully saturated rings. The first-order valence-corrected chi connectivity index (χ1v) is 9.82. The molecule has 28 heavy (non-hydrogen) atoms. The second kappa shape index (κ2) is 8.94. The molecule has 2 aliphatic rings. The van der Waals surface area contributed by atoms with Gasteiger partial charge in [0.05, 0.1) is 17.8 Å². The Morgan fingerprint density at radius 3 is 2.29 bits per heavy atom. The molecule has 0 unspecified atom stereocenters. The first-order chi connectivity index (χ1) is 13.3. The average molecular weight is 397 g/mol. The van der Waals surface area contributed by atoms with Crippen LogP contribution in [-0.4, -0.2) is 54.3 Å². The molecular formula is C20H26F3N3O2.